The van der Waals surface area contributed by atoms with Gasteiger partial charge in [-0.05, 0) is 43.9 Å². The van der Waals surface area contributed by atoms with Crippen molar-refractivity contribution in [3.63, 3.8) is 0 Å². The van der Waals surface area contributed by atoms with Gasteiger partial charge in [0.1, 0.15) is 0 Å². The predicted octanol–water partition coefficient (Wildman–Crippen LogP) is 2.99. The molecule has 1 atom stereocenters. The Morgan fingerprint density at radius 2 is 2.04 bits per heavy atom. The van der Waals surface area contributed by atoms with E-state index in [9.17, 15) is 4.79 Å². The average Bonchev–Trinajstić information content (AvgIpc) is 3.06. The molecule has 4 rings (SSSR count). The van der Waals surface area contributed by atoms with Gasteiger partial charge in [0.2, 0.25) is 5.91 Å². The molecule has 0 radical (unpaired) electrons. The van der Waals surface area contributed by atoms with Gasteiger partial charge in [-0.15, -0.1) is 0 Å². The number of amides is 1. The van der Waals surface area contributed by atoms with E-state index in [-0.39, 0.29) is 5.92 Å². The summed E-state index contributed by atoms with van der Waals surface area (Å²) in [5, 5.41) is 1.06. The van der Waals surface area contributed by atoms with Gasteiger partial charge in [-0.25, -0.2) is 4.98 Å². The molecule has 25 heavy (non-hydrogen) atoms. The molecule has 1 amide bonds. The second kappa shape index (κ2) is 6.92. The second-order valence-corrected chi connectivity index (χ2v) is 8.16. The van der Waals surface area contributed by atoms with Crippen LogP contribution in [0.15, 0.2) is 12.1 Å². The second-order valence-electron chi connectivity index (χ2n) is 7.15. The minimum absolute atomic E-state index is 0.0849. The summed E-state index contributed by atoms with van der Waals surface area (Å²) < 4.78 is 6.61. The highest BCUT2D eigenvalue weighted by Gasteiger charge is 2.31. The molecule has 1 unspecified atom stereocenters. The molecule has 2 fully saturated rings. The Labute approximate surface area is 152 Å². The number of benzene rings is 1. The fourth-order valence-electron chi connectivity index (χ4n) is 3.89. The number of anilines is 1. The Hall–Kier alpha value is -1.66. The van der Waals surface area contributed by atoms with Crippen molar-refractivity contribution in [3.8, 4) is 0 Å². The molecule has 0 bridgehead atoms. The van der Waals surface area contributed by atoms with Crippen molar-refractivity contribution in [2.24, 2.45) is 5.92 Å². The molecule has 5 nitrogen and oxygen atoms in total. The first kappa shape index (κ1) is 16.8. The van der Waals surface area contributed by atoms with Crippen LogP contribution in [-0.2, 0) is 9.53 Å². The minimum Gasteiger partial charge on any atom is -0.378 e. The molecule has 0 N–H and O–H groups in total. The molecule has 134 valence electrons. The van der Waals surface area contributed by atoms with E-state index >= 15 is 0 Å². The lowest BCUT2D eigenvalue weighted by Gasteiger charge is -2.36. The number of aromatic nitrogens is 1. The molecular weight excluding hydrogens is 334 g/mol. The lowest BCUT2D eigenvalue weighted by Crippen LogP contribution is -2.48. The van der Waals surface area contributed by atoms with Crippen LogP contribution in [0.5, 0.6) is 0 Å². The van der Waals surface area contributed by atoms with Crippen LogP contribution in [0.1, 0.15) is 24.0 Å². The van der Waals surface area contributed by atoms with Gasteiger partial charge >= 0.3 is 0 Å². The zero-order chi connectivity index (χ0) is 17.4. The van der Waals surface area contributed by atoms with Crippen LogP contribution >= 0.6 is 11.3 Å². The van der Waals surface area contributed by atoms with Gasteiger partial charge in [0.05, 0.1) is 29.3 Å². The maximum absolute atomic E-state index is 12.8. The lowest BCUT2D eigenvalue weighted by molar-refractivity contribution is -0.139. The molecule has 2 saturated heterocycles. The third kappa shape index (κ3) is 3.37. The maximum Gasteiger partial charge on any atom is 0.227 e. The van der Waals surface area contributed by atoms with Gasteiger partial charge in [0, 0.05) is 26.2 Å². The third-order valence-corrected chi connectivity index (χ3v) is 6.25. The maximum atomic E-state index is 12.8. The van der Waals surface area contributed by atoms with Gasteiger partial charge < -0.3 is 14.5 Å². The van der Waals surface area contributed by atoms with Crippen molar-refractivity contribution < 1.29 is 9.53 Å². The molecule has 6 heteroatoms. The topological polar surface area (TPSA) is 45.7 Å². The number of carbonyl (C=O) groups excluding carboxylic acids is 1. The van der Waals surface area contributed by atoms with Crippen molar-refractivity contribution in [1.29, 1.82) is 0 Å². The van der Waals surface area contributed by atoms with E-state index in [4.69, 9.17) is 9.72 Å². The number of hydrogen-bond acceptors (Lipinski definition) is 5. The molecule has 3 heterocycles. The van der Waals surface area contributed by atoms with Crippen LogP contribution in [0.25, 0.3) is 10.2 Å². The molecule has 2 aliphatic rings. The van der Waals surface area contributed by atoms with Crippen LogP contribution < -0.4 is 4.90 Å². The normalized spacial score (nSPS) is 21.8. The van der Waals surface area contributed by atoms with E-state index < -0.39 is 0 Å². The molecule has 0 spiro atoms. The Morgan fingerprint density at radius 3 is 2.84 bits per heavy atom. The van der Waals surface area contributed by atoms with Gasteiger partial charge in [0.25, 0.3) is 0 Å². The summed E-state index contributed by atoms with van der Waals surface area (Å²) in [5.74, 6) is 0.378. The summed E-state index contributed by atoms with van der Waals surface area (Å²) in [7, 11) is 0. The smallest absolute Gasteiger partial charge is 0.227 e. The van der Waals surface area contributed by atoms with Gasteiger partial charge in [0.15, 0.2) is 5.13 Å². The molecule has 0 aliphatic carbocycles. The molecule has 1 aromatic carbocycles. The molecule has 1 aromatic heterocycles. The standard InChI is InChI=1S/C19H25N3O2S/c1-13-10-14(2)17-16(11-13)25-19(20-17)22-5-3-4-15(12-22)18(23)21-6-8-24-9-7-21/h10-11,15H,3-9,12H2,1-2H3. The number of morpholine rings is 1. The zero-order valence-corrected chi connectivity index (χ0v) is 15.8. The summed E-state index contributed by atoms with van der Waals surface area (Å²) in [4.78, 5) is 22.0. The fraction of sp³-hybridized carbons (Fsp3) is 0.579. The Balaban J connectivity index is 1.53. The van der Waals surface area contributed by atoms with E-state index in [2.05, 4.69) is 30.9 Å². The van der Waals surface area contributed by atoms with Gasteiger partial charge in [-0.2, -0.15) is 0 Å². The van der Waals surface area contributed by atoms with E-state index in [1.807, 2.05) is 4.90 Å². The number of thiazole rings is 1. The van der Waals surface area contributed by atoms with Crippen molar-refractivity contribution >= 4 is 32.6 Å². The molecule has 2 aliphatic heterocycles. The average molecular weight is 359 g/mol. The van der Waals surface area contributed by atoms with E-state index in [0.29, 0.717) is 19.1 Å². The molecule has 2 aromatic rings. The summed E-state index contributed by atoms with van der Waals surface area (Å²) in [6, 6.07) is 4.40. The number of rotatable bonds is 2. The van der Waals surface area contributed by atoms with Crippen molar-refractivity contribution in [2.75, 3.05) is 44.3 Å². The van der Waals surface area contributed by atoms with E-state index in [1.54, 1.807) is 11.3 Å². The minimum atomic E-state index is 0.0849. The first-order chi connectivity index (χ1) is 12.1. The molecule has 0 saturated carbocycles. The number of ether oxygens (including phenoxy) is 1. The Kier molecular flexibility index (Phi) is 4.65. The Morgan fingerprint density at radius 1 is 1.24 bits per heavy atom. The monoisotopic (exact) mass is 359 g/mol. The Bertz CT molecular complexity index is 782. The number of hydrogen-bond donors (Lipinski definition) is 0. The number of piperidine rings is 1. The number of fused-ring (bicyclic) bond motifs is 1. The summed E-state index contributed by atoms with van der Waals surface area (Å²) >= 11 is 1.75. The number of aryl methyl sites for hydroxylation is 2. The number of carbonyl (C=O) groups is 1. The summed E-state index contributed by atoms with van der Waals surface area (Å²) in [6.45, 7) is 8.82. The zero-order valence-electron chi connectivity index (χ0n) is 15.0. The summed E-state index contributed by atoms with van der Waals surface area (Å²) in [6.07, 6.45) is 2.03. The first-order valence-electron chi connectivity index (χ1n) is 9.11. The van der Waals surface area contributed by atoms with Crippen LogP contribution in [0.3, 0.4) is 0 Å². The highest BCUT2D eigenvalue weighted by atomic mass is 32.1. The van der Waals surface area contributed by atoms with E-state index in [0.717, 1.165) is 49.7 Å². The quantitative estimate of drug-likeness (QED) is 0.827. The van der Waals surface area contributed by atoms with Crippen molar-refractivity contribution in [3.05, 3.63) is 23.3 Å². The van der Waals surface area contributed by atoms with Crippen molar-refractivity contribution in [1.82, 2.24) is 9.88 Å². The first-order valence-corrected chi connectivity index (χ1v) is 9.93. The lowest BCUT2D eigenvalue weighted by atomic mass is 9.96. The largest absolute Gasteiger partial charge is 0.378 e. The van der Waals surface area contributed by atoms with Gasteiger partial charge in [-0.1, -0.05) is 17.4 Å². The highest BCUT2D eigenvalue weighted by Crippen LogP contribution is 2.34. The highest BCUT2D eigenvalue weighted by molar-refractivity contribution is 7.22. The predicted molar refractivity (Wildman–Crippen MR) is 101 cm³/mol. The van der Waals surface area contributed by atoms with Crippen LogP contribution in [0.2, 0.25) is 0 Å². The van der Waals surface area contributed by atoms with Crippen LogP contribution in [0, 0.1) is 19.8 Å². The third-order valence-electron chi connectivity index (χ3n) is 5.18. The SMILES string of the molecule is Cc1cc(C)c2nc(N3CCCC(C(=O)N4CCOCC4)C3)sc2c1. The molecular formula is C19H25N3O2S. The summed E-state index contributed by atoms with van der Waals surface area (Å²) in [5.41, 5.74) is 3.61. The fourth-order valence-corrected chi connectivity index (χ4v) is 5.07. The van der Waals surface area contributed by atoms with Crippen molar-refractivity contribution in [2.45, 2.75) is 26.7 Å². The van der Waals surface area contributed by atoms with Gasteiger partial charge in [-0.3, -0.25) is 4.79 Å². The number of nitrogens with zero attached hydrogens (tertiary/aromatic N) is 3. The van der Waals surface area contributed by atoms with Crippen LogP contribution in [0.4, 0.5) is 5.13 Å². The van der Waals surface area contributed by atoms with Crippen LogP contribution in [-0.4, -0.2) is 55.2 Å². The van der Waals surface area contributed by atoms with E-state index in [1.165, 1.54) is 15.8 Å².